The minimum absolute atomic E-state index is 0. The molecule has 27 heavy (non-hydrogen) atoms. The van der Waals surface area contributed by atoms with E-state index in [2.05, 4.69) is 28.5 Å². The highest BCUT2D eigenvalue weighted by molar-refractivity contribution is 14.0. The van der Waals surface area contributed by atoms with Crippen LogP contribution in [0.4, 0.5) is 5.69 Å². The van der Waals surface area contributed by atoms with Gasteiger partial charge in [0.05, 0.1) is 0 Å². The van der Waals surface area contributed by atoms with Crippen LogP contribution in [-0.2, 0) is 17.6 Å². The fraction of sp³-hybridized carbons (Fsp3) is 0.333. The molecule has 0 spiro atoms. The Kier molecular flexibility index (Phi) is 8.57. The second kappa shape index (κ2) is 10.9. The van der Waals surface area contributed by atoms with Gasteiger partial charge in [-0.05, 0) is 36.5 Å². The van der Waals surface area contributed by atoms with Crippen LogP contribution >= 0.6 is 24.0 Å². The maximum atomic E-state index is 12.4. The highest BCUT2D eigenvalue weighted by Crippen LogP contribution is 2.27. The molecule has 0 radical (unpaired) electrons. The fourth-order valence-corrected chi connectivity index (χ4v) is 3.20. The molecule has 0 bridgehead atoms. The number of rotatable bonds is 7. The SMILES string of the molecule is I.NC(=NCCCC(=O)N1CCc2ccccc21)NCCc1ccccc1. The van der Waals surface area contributed by atoms with Crippen molar-refractivity contribution in [1.29, 1.82) is 0 Å². The average Bonchev–Trinajstić information content (AvgIpc) is 3.10. The molecule has 6 heteroatoms. The maximum Gasteiger partial charge on any atom is 0.227 e. The van der Waals surface area contributed by atoms with Gasteiger partial charge in [-0.1, -0.05) is 48.5 Å². The topological polar surface area (TPSA) is 70.7 Å². The number of anilines is 1. The zero-order valence-electron chi connectivity index (χ0n) is 15.4. The lowest BCUT2D eigenvalue weighted by Crippen LogP contribution is -2.33. The molecule has 2 aromatic rings. The van der Waals surface area contributed by atoms with Gasteiger partial charge in [-0.2, -0.15) is 0 Å². The third-order valence-electron chi connectivity index (χ3n) is 4.58. The summed E-state index contributed by atoms with van der Waals surface area (Å²) in [6.07, 6.45) is 3.05. The number of amides is 1. The molecule has 0 fully saturated rings. The van der Waals surface area contributed by atoms with E-state index in [1.807, 2.05) is 41.3 Å². The molecule has 1 aliphatic heterocycles. The Bertz CT molecular complexity index is 764. The molecule has 5 nitrogen and oxygen atoms in total. The molecule has 1 aliphatic rings. The first-order valence-electron chi connectivity index (χ1n) is 9.20. The maximum absolute atomic E-state index is 12.4. The number of carbonyl (C=O) groups excluding carboxylic acids is 1. The number of benzene rings is 2. The van der Waals surface area contributed by atoms with Crippen LogP contribution in [0.1, 0.15) is 24.0 Å². The Hall–Kier alpha value is -2.09. The molecule has 144 valence electrons. The second-order valence-corrected chi connectivity index (χ2v) is 6.46. The first-order chi connectivity index (χ1) is 12.7. The summed E-state index contributed by atoms with van der Waals surface area (Å²) in [5.41, 5.74) is 9.47. The third-order valence-corrected chi connectivity index (χ3v) is 4.58. The number of hydrogen-bond acceptors (Lipinski definition) is 2. The zero-order valence-corrected chi connectivity index (χ0v) is 17.8. The van der Waals surface area contributed by atoms with Crippen molar-refractivity contribution in [3.05, 3.63) is 65.7 Å². The molecule has 3 rings (SSSR count). The predicted molar refractivity (Wildman–Crippen MR) is 122 cm³/mol. The van der Waals surface area contributed by atoms with Crippen molar-refractivity contribution in [1.82, 2.24) is 5.32 Å². The van der Waals surface area contributed by atoms with Gasteiger partial charge < -0.3 is 16.0 Å². The molecule has 0 unspecified atom stereocenters. The monoisotopic (exact) mass is 478 g/mol. The summed E-state index contributed by atoms with van der Waals surface area (Å²) >= 11 is 0. The Morgan fingerprint density at radius 1 is 1.11 bits per heavy atom. The van der Waals surface area contributed by atoms with Crippen LogP contribution in [0.5, 0.6) is 0 Å². The minimum Gasteiger partial charge on any atom is -0.370 e. The summed E-state index contributed by atoms with van der Waals surface area (Å²) in [4.78, 5) is 18.6. The van der Waals surface area contributed by atoms with Crippen molar-refractivity contribution < 1.29 is 4.79 Å². The molecular weight excluding hydrogens is 451 g/mol. The molecular formula is C21H27IN4O. The number of fused-ring (bicyclic) bond motifs is 1. The summed E-state index contributed by atoms with van der Waals surface area (Å²) in [6, 6.07) is 18.4. The predicted octanol–water partition coefficient (Wildman–Crippen LogP) is 3.12. The number of nitrogens with one attached hydrogen (secondary N) is 1. The fourth-order valence-electron chi connectivity index (χ4n) is 3.20. The number of aliphatic imine (C=N–C) groups is 1. The van der Waals surface area contributed by atoms with E-state index < -0.39 is 0 Å². The molecule has 0 aromatic heterocycles. The van der Waals surface area contributed by atoms with Gasteiger partial charge in [-0.3, -0.25) is 9.79 Å². The highest BCUT2D eigenvalue weighted by Gasteiger charge is 2.23. The van der Waals surface area contributed by atoms with Gasteiger partial charge in [0.15, 0.2) is 5.96 Å². The van der Waals surface area contributed by atoms with Crippen molar-refractivity contribution in [3.8, 4) is 0 Å². The quantitative estimate of drug-likeness (QED) is 0.278. The normalized spacial score (nSPS) is 13.0. The van der Waals surface area contributed by atoms with Gasteiger partial charge in [0, 0.05) is 31.7 Å². The largest absolute Gasteiger partial charge is 0.370 e. The smallest absolute Gasteiger partial charge is 0.227 e. The van der Waals surface area contributed by atoms with Gasteiger partial charge in [-0.25, -0.2) is 0 Å². The molecule has 0 saturated carbocycles. The van der Waals surface area contributed by atoms with Gasteiger partial charge >= 0.3 is 0 Å². The van der Waals surface area contributed by atoms with Crippen LogP contribution in [-0.4, -0.2) is 31.5 Å². The average molecular weight is 478 g/mol. The zero-order chi connectivity index (χ0) is 18.2. The standard InChI is InChI=1S/C21H26N4O.HI/c22-21(24-15-12-17-7-2-1-3-8-17)23-14-6-11-20(26)25-16-13-18-9-4-5-10-19(18)25;/h1-5,7-10H,6,11-16H2,(H3,22,23,24);1H. The van der Waals surface area contributed by atoms with Crippen LogP contribution < -0.4 is 16.0 Å². The van der Waals surface area contributed by atoms with Crippen LogP contribution in [0.15, 0.2) is 59.6 Å². The summed E-state index contributed by atoms with van der Waals surface area (Å²) in [6.45, 7) is 2.10. The number of halogens is 1. The van der Waals surface area contributed by atoms with E-state index in [1.54, 1.807) is 0 Å². The minimum atomic E-state index is 0. The molecule has 0 aliphatic carbocycles. The lowest BCUT2D eigenvalue weighted by Gasteiger charge is -2.17. The molecule has 2 aromatic carbocycles. The molecule has 1 amide bonds. The van der Waals surface area contributed by atoms with Gasteiger partial charge in [-0.15, -0.1) is 24.0 Å². The van der Waals surface area contributed by atoms with E-state index in [9.17, 15) is 4.79 Å². The van der Waals surface area contributed by atoms with Crippen LogP contribution in [0.3, 0.4) is 0 Å². The van der Waals surface area contributed by atoms with Crippen molar-refractivity contribution in [2.24, 2.45) is 10.7 Å². The van der Waals surface area contributed by atoms with E-state index >= 15 is 0 Å². The number of para-hydroxylation sites is 1. The highest BCUT2D eigenvalue weighted by atomic mass is 127. The van der Waals surface area contributed by atoms with Crippen LogP contribution in [0, 0.1) is 0 Å². The number of carbonyl (C=O) groups is 1. The summed E-state index contributed by atoms with van der Waals surface area (Å²) in [5.74, 6) is 0.612. The van der Waals surface area contributed by atoms with Gasteiger partial charge in [0.1, 0.15) is 0 Å². The first kappa shape index (κ1) is 21.2. The van der Waals surface area contributed by atoms with Crippen molar-refractivity contribution in [2.75, 3.05) is 24.5 Å². The van der Waals surface area contributed by atoms with Crippen molar-refractivity contribution >= 4 is 41.5 Å². The molecule has 1 heterocycles. The number of nitrogens with zero attached hydrogens (tertiary/aromatic N) is 2. The van der Waals surface area contributed by atoms with Crippen molar-refractivity contribution in [3.63, 3.8) is 0 Å². The second-order valence-electron chi connectivity index (χ2n) is 6.46. The lowest BCUT2D eigenvalue weighted by molar-refractivity contribution is -0.118. The van der Waals surface area contributed by atoms with Crippen LogP contribution in [0.25, 0.3) is 0 Å². The number of guanidine groups is 1. The molecule has 0 saturated heterocycles. The number of nitrogens with two attached hydrogens (primary N) is 1. The third kappa shape index (κ3) is 6.23. The Morgan fingerprint density at radius 2 is 1.85 bits per heavy atom. The number of hydrogen-bond donors (Lipinski definition) is 2. The van der Waals surface area contributed by atoms with E-state index in [0.29, 0.717) is 25.3 Å². The summed E-state index contributed by atoms with van der Waals surface area (Å²) in [5, 5.41) is 3.12. The Labute approximate surface area is 178 Å². The van der Waals surface area contributed by atoms with Gasteiger partial charge in [0.2, 0.25) is 5.91 Å². The first-order valence-corrected chi connectivity index (χ1v) is 9.20. The van der Waals surface area contributed by atoms with E-state index in [-0.39, 0.29) is 29.9 Å². The van der Waals surface area contributed by atoms with Crippen molar-refractivity contribution in [2.45, 2.75) is 25.7 Å². The summed E-state index contributed by atoms with van der Waals surface area (Å²) < 4.78 is 0. The Balaban J connectivity index is 0.00000261. The lowest BCUT2D eigenvalue weighted by atomic mass is 10.1. The molecule has 0 atom stereocenters. The van der Waals surface area contributed by atoms with Crippen LogP contribution in [0.2, 0.25) is 0 Å². The van der Waals surface area contributed by atoms with E-state index in [4.69, 9.17) is 5.73 Å². The van der Waals surface area contributed by atoms with E-state index in [0.717, 1.165) is 31.6 Å². The van der Waals surface area contributed by atoms with E-state index in [1.165, 1.54) is 11.1 Å². The summed E-state index contributed by atoms with van der Waals surface area (Å²) in [7, 11) is 0. The Morgan fingerprint density at radius 3 is 2.67 bits per heavy atom. The molecule has 3 N–H and O–H groups in total. The van der Waals surface area contributed by atoms with Gasteiger partial charge in [0.25, 0.3) is 0 Å².